The summed E-state index contributed by atoms with van der Waals surface area (Å²) in [6.45, 7) is 2.77. The highest BCUT2D eigenvalue weighted by atomic mass is 19.3. The SMILES string of the molecule is CC(NCCc1ccc2c(c1)OC(F)(F)O2)c1cccnc1. The average molecular weight is 306 g/mol. The summed E-state index contributed by atoms with van der Waals surface area (Å²) < 4.78 is 34.7. The highest BCUT2D eigenvalue weighted by Crippen LogP contribution is 2.41. The van der Waals surface area contributed by atoms with Crippen molar-refractivity contribution >= 4 is 0 Å². The molecule has 2 aromatic rings. The molecule has 1 aromatic heterocycles. The number of benzene rings is 1. The minimum atomic E-state index is -3.56. The second-order valence-electron chi connectivity index (χ2n) is 5.16. The fourth-order valence-electron chi connectivity index (χ4n) is 2.33. The molecule has 1 aromatic carbocycles. The number of nitrogens with one attached hydrogen (secondary N) is 1. The Labute approximate surface area is 127 Å². The van der Waals surface area contributed by atoms with Gasteiger partial charge in [-0.15, -0.1) is 8.78 Å². The van der Waals surface area contributed by atoms with Crippen molar-refractivity contribution in [3.05, 3.63) is 53.9 Å². The van der Waals surface area contributed by atoms with Gasteiger partial charge in [0, 0.05) is 18.4 Å². The molecular formula is C16H16F2N2O2. The van der Waals surface area contributed by atoms with Crippen LogP contribution < -0.4 is 14.8 Å². The van der Waals surface area contributed by atoms with Gasteiger partial charge in [0.25, 0.3) is 0 Å². The first kappa shape index (κ1) is 14.7. The summed E-state index contributed by atoms with van der Waals surface area (Å²) in [5, 5.41) is 3.37. The molecule has 0 amide bonds. The van der Waals surface area contributed by atoms with E-state index in [1.165, 1.54) is 6.07 Å². The monoisotopic (exact) mass is 306 g/mol. The number of hydrogen-bond acceptors (Lipinski definition) is 4. The fraction of sp³-hybridized carbons (Fsp3) is 0.312. The van der Waals surface area contributed by atoms with Crippen molar-refractivity contribution in [1.29, 1.82) is 0 Å². The molecule has 2 heterocycles. The first-order valence-electron chi connectivity index (χ1n) is 7.05. The van der Waals surface area contributed by atoms with E-state index in [4.69, 9.17) is 0 Å². The van der Waals surface area contributed by atoms with Gasteiger partial charge in [0.1, 0.15) is 0 Å². The number of alkyl halides is 2. The molecule has 1 aliphatic heterocycles. The lowest BCUT2D eigenvalue weighted by molar-refractivity contribution is -0.286. The van der Waals surface area contributed by atoms with E-state index in [2.05, 4.69) is 26.7 Å². The Kier molecular flexibility index (Phi) is 3.94. The molecule has 6 heteroatoms. The molecule has 0 aliphatic carbocycles. The van der Waals surface area contributed by atoms with Crippen molar-refractivity contribution in [2.45, 2.75) is 25.7 Å². The van der Waals surface area contributed by atoms with Gasteiger partial charge < -0.3 is 14.8 Å². The zero-order valence-electron chi connectivity index (χ0n) is 12.1. The predicted octanol–water partition coefficient (Wildman–Crippen LogP) is 3.30. The van der Waals surface area contributed by atoms with E-state index in [0.717, 1.165) is 11.1 Å². The van der Waals surface area contributed by atoms with E-state index < -0.39 is 6.29 Å². The molecule has 116 valence electrons. The Morgan fingerprint density at radius 1 is 1.23 bits per heavy atom. The maximum Gasteiger partial charge on any atom is 0.586 e. The van der Waals surface area contributed by atoms with Crippen LogP contribution in [-0.2, 0) is 6.42 Å². The Bertz CT molecular complexity index is 650. The zero-order valence-corrected chi connectivity index (χ0v) is 12.1. The van der Waals surface area contributed by atoms with E-state index in [1.807, 2.05) is 18.3 Å². The van der Waals surface area contributed by atoms with Gasteiger partial charge in [-0.2, -0.15) is 0 Å². The summed E-state index contributed by atoms with van der Waals surface area (Å²) in [7, 11) is 0. The lowest BCUT2D eigenvalue weighted by Crippen LogP contribution is -2.25. The largest absolute Gasteiger partial charge is 0.586 e. The predicted molar refractivity (Wildman–Crippen MR) is 77.0 cm³/mol. The highest BCUT2D eigenvalue weighted by Gasteiger charge is 2.43. The third-order valence-corrected chi connectivity index (χ3v) is 3.51. The van der Waals surface area contributed by atoms with Gasteiger partial charge in [0.05, 0.1) is 0 Å². The van der Waals surface area contributed by atoms with Crippen LogP contribution >= 0.6 is 0 Å². The van der Waals surface area contributed by atoms with Gasteiger partial charge in [-0.05, 0) is 49.2 Å². The van der Waals surface area contributed by atoms with Crippen LogP contribution in [0.3, 0.4) is 0 Å². The lowest BCUT2D eigenvalue weighted by Gasteiger charge is -2.13. The number of hydrogen-bond donors (Lipinski definition) is 1. The van der Waals surface area contributed by atoms with Gasteiger partial charge in [-0.25, -0.2) is 0 Å². The molecule has 1 atom stereocenters. The molecule has 0 saturated heterocycles. The van der Waals surface area contributed by atoms with Crippen molar-refractivity contribution < 1.29 is 18.3 Å². The normalized spacial score (nSPS) is 16.5. The van der Waals surface area contributed by atoms with Crippen LogP contribution in [0.15, 0.2) is 42.7 Å². The number of ether oxygens (including phenoxy) is 2. The third-order valence-electron chi connectivity index (χ3n) is 3.51. The number of nitrogens with zero attached hydrogens (tertiary/aromatic N) is 1. The van der Waals surface area contributed by atoms with Crippen LogP contribution in [0.2, 0.25) is 0 Å². The Balaban J connectivity index is 1.55. The molecule has 3 rings (SSSR count). The first-order chi connectivity index (χ1) is 10.5. The second kappa shape index (κ2) is 5.88. The summed E-state index contributed by atoms with van der Waals surface area (Å²) >= 11 is 0. The Morgan fingerprint density at radius 3 is 2.82 bits per heavy atom. The lowest BCUT2D eigenvalue weighted by atomic mass is 10.1. The van der Waals surface area contributed by atoms with E-state index in [-0.39, 0.29) is 17.5 Å². The number of aromatic nitrogens is 1. The first-order valence-corrected chi connectivity index (χ1v) is 7.05. The summed E-state index contributed by atoms with van der Waals surface area (Å²) in [4.78, 5) is 4.08. The van der Waals surface area contributed by atoms with Crippen molar-refractivity contribution in [2.75, 3.05) is 6.54 Å². The molecule has 0 saturated carbocycles. The van der Waals surface area contributed by atoms with Crippen LogP contribution in [0.25, 0.3) is 0 Å². The topological polar surface area (TPSA) is 43.4 Å². The van der Waals surface area contributed by atoms with Gasteiger partial charge in [0.2, 0.25) is 0 Å². The van der Waals surface area contributed by atoms with Crippen molar-refractivity contribution in [2.24, 2.45) is 0 Å². The van der Waals surface area contributed by atoms with E-state index >= 15 is 0 Å². The van der Waals surface area contributed by atoms with Crippen LogP contribution in [0, 0.1) is 0 Å². The van der Waals surface area contributed by atoms with Crippen molar-refractivity contribution in [3.8, 4) is 11.5 Å². The molecular weight excluding hydrogens is 290 g/mol. The maximum atomic E-state index is 13.0. The van der Waals surface area contributed by atoms with Gasteiger partial charge in [0.15, 0.2) is 11.5 Å². The van der Waals surface area contributed by atoms with Gasteiger partial charge >= 0.3 is 6.29 Å². The van der Waals surface area contributed by atoms with Gasteiger partial charge in [-0.3, -0.25) is 4.98 Å². The summed E-state index contributed by atoms with van der Waals surface area (Å²) in [6.07, 6.45) is 0.694. The molecule has 1 N–H and O–H groups in total. The highest BCUT2D eigenvalue weighted by molar-refractivity contribution is 5.45. The van der Waals surface area contributed by atoms with E-state index in [1.54, 1.807) is 18.3 Å². The minimum Gasteiger partial charge on any atom is -0.395 e. The van der Waals surface area contributed by atoms with E-state index in [9.17, 15) is 8.78 Å². The Hall–Kier alpha value is -2.21. The zero-order chi connectivity index (χ0) is 15.6. The number of pyridine rings is 1. The molecule has 1 aliphatic rings. The van der Waals surface area contributed by atoms with Crippen molar-refractivity contribution in [1.82, 2.24) is 10.3 Å². The standard InChI is InChI=1S/C16H16F2N2O2/c1-11(13-3-2-7-19-10-13)20-8-6-12-4-5-14-15(9-12)22-16(17,18)21-14/h2-5,7,9-11,20H,6,8H2,1H3. The van der Waals surface area contributed by atoms with Gasteiger partial charge in [-0.1, -0.05) is 12.1 Å². The minimum absolute atomic E-state index is 0.0745. The van der Waals surface area contributed by atoms with Crippen molar-refractivity contribution in [3.63, 3.8) is 0 Å². The fourth-order valence-corrected chi connectivity index (χ4v) is 2.33. The Morgan fingerprint density at radius 2 is 2.05 bits per heavy atom. The molecule has 1 unspecified atom stereocenters. The number of halogens is 2. The quantitative estimate of drug-likeness (QED) is 0.920. The van der Waals surface area contributed by atoms with Crippen LogP contribution in [0.4, 0.5) is 8.78 Å². The van der Waals surface area contributed by atoms with Crippen LogP contribution in [0.1, 0.15) is 24.1 Å². The molecule has 0 spiro atoms. The number of fused-ring (bicyclic) bond motifs is 1. The molecule has 0 fully saturated rings. The average Bonchev–Trinajstić information content (AvgIpc) is 2.81. The smallest absolute Gasteiger partial charge is 0.395 e. The molecule has 4 nitrogen and oxygen atoms in total. The second-order valence-corrected chi connectivity index (χ2v) is 5.16. The molecule has 22 heavy (non-hydrogen) atoms. The number of rotatable bonds is 5. The molecule has 0 radical (unpaired) electrons. The maximum absolute atomic E-state index is 13.0. The van der Waals surface area contributed by atoms with E-state index in [0.29, 0.717) is 13.0 Å². The third kappa shape index (κ3) is 3.33. The summed E-state index contributed by atoms with van der Waals surface area (Å²) in [5.41, 5.74) is 2.01. The summed E-state index contributed by atoms with van der Waals surface area (Å²) in [5.74, 6) is 0.160. The molecule has 0 bridgehead atoms. The van der Waals surface area contributed by atoms with Crippen LogP contribution in [-0.4, -0.2) is 17.8 Å². The summed E-state index contributed by atoms with van der Waals surface area (Å²) in [6, 6.07) is 8.94. The van der Waals surface area contributed by atoms with Crippen LogP contribution in [0.5, 0.6) is 11.5 Å².